The van der Waals surface area contributed by atoms with Gasteiger partial charge in [-0.3, -0.25) is 0 Å². The molecule has 144 valence electrons. The van der Waals surface area contributed by atoms with Crippen LogP contribution in [-0.2, 0) is 15.9 Å². The molecule has 0 radical (unpaired) electrons. The number of rotatable bonds is 8. The Hall–Kier alpha value is -1.12. The zero-order chi connectivity index (χ0) is 18.2. The molecule has 3 rings (SSSR count). The maximum absolute atomic E-state index is 6.11. The van der Waals surface area contributed by atoms with Crippen LogP contribution in [0.25, 0.3) is 0 Å². The van der Waals surface area contributed by atoms with Gasteiger partial charge in [0.2, 0.25) is 0 Å². The Morgan fingerprint density at radius 2 is 1.69 bits per heavy atom. The van der Waals surface area contributed by atoms with E-state index in [2.05, 4.69) is 37.8 Å². The second-order valence-electron chi connectivity index (χ2n) is 8.25. The zero-order valence-corrected chi connectivity index (χ0v) is 16.5. The van der Waals surface area contributed by atoms with Crippen molar-refractivity contribution in [2.24, 2.45) is 17.8 Å². The molecule has 0 unspecified atom stereocenters. The molecule has 26 heavy (non-hydrogen) atoms. The molecule has 1 aliphatic heterocycles. The van der Waals surface area contributed by atoms with Gasteiger partial charge in [-0.2, -0.15) is 0 Å². The predicted molar refractivity (Wildman–Crippen MR) is 108 cm³/mol. The lowest BCUT2D eigenvalue weighted by molar-refractivity contribution is -0.214. The molecule has 0 aromatic heterocycles. The predicted octanol–water partition coefficient (Wildman–Crippen LogP) is 6.46. The van der Waals surface area contributed by atoms with E-state index >= 15 is 0 Å². The highest BCUT2D eigenvalue weighted by Gasteiger charge is 2.32. The van der Waals surface area contributed by atoms with Crippen molar-refractivity contribution in [2.75, 3.05) is 13.2 Å². The molecule has 2 aliphatic rings. The maximum atomic E-state index is 6.11. The lowest BCUT2D eigenvalue weighted by Gasteiger charge is -2.37. The molecule has 1 saturated carbocycles. The summed E-state index contributed by atoms with van der Waals surface area (Å²) in [5, 5.41) is 0. The summed E-state index contributed by atoms with van der Waals surface area (Å²) < 4.78 is 12.2. The highest BCUT2D eigenvalue weighted by molar-refractivity contribution is 5.23. The normalized spacial score (nSPS) is 29.4. The highest BCUT2D eigenvalue weighted by Crippen LogP contribution is 2.38. The van der Waals surface area contributed by atoms with E-state index in [-0.39, 0.29) is 6.29 Å². The summed E-state index contributed by atoms with van der Waals surface area (Å²) in [5.74, 6) is 2.36. The van der Waals surface area contributed by atoms with E-state index in [1.807, 2.05) is 6.08 Å². The minimum Gasteiger partial charge on any atom is -0.348 e. The van der Waals surface area contributed by atoms with E-state index in [1.165, 1.54) is 50.5 Å². The van der Waals surface area contributed by atoms with Crippen molar-refractivity contribution >= 4 is 0 Å². The zero-order valence-electron chi connectivity index (χ0n) is 16.5. The van der Waals surface area contributed by atoms with Gasteiger partial charge in [-0.05, 0) is 49.5 Å². The fourth-order valence-corrected chi connectivity index (χ4v) is 4.63. The molecule has 1 aliphatic carbocycles. The van der Waals surface area contributed by atoms with Crippen LogP contribution in [0.2, 0.25) is 0 Å². The van der Waals surface area contributed by atoms with Gasteiger partial charge in [0.25, 0.3) is 0 Å². The van der Waals surface area contributed by atoms with Gasteiger partial charge >= 0.3 is 0 Å². The van der Waals surface area contributed by atoms with Crippen molar-refractivity contribution < 1.29 is 9.47 Å². The van der Waals surface area contributed by atoms with Crippen molar-refractivity contribution in [3.8, 4) is 0 Å². The summed E-state index contributed by atoms with van der Waals surface area (Å²) >= 11 is 0. The van der Waals surface area contributed by atoms with Crippen molar-refractivity contribution in [1.29, 1.82) is 0 Å². The summed E-state index contributed by atoms with van der Waals surface area (Å²) in [6.07, 6.45) is 13.5. The molecule has 2 nitrogen and oxygen atoms in total. The van der Waals surface area contributed by atoms with Crippen LogP contribution in [0.4, 0.5) is 0 Å². The Morgan fingerprint density at radius 3 is 2.31 bits per heavy atom. The molecule has 0 amide bonds. The van der Waals surface area contributed by atoms with Crippen LogP contribution in [0.15, 0.2) is 36.9 Å². The van der Waals surface area contributed by atoms with E-state index in [0.717, 1.165) is 43.5 Å². The van der Waals surface area contributed by atoms with E-state index in [0.29, 0.717) is 5.92 Å². The molecule has 0 N–H and O–H groups in total. The molecule has 1 aromatic carbocycles. The summed E-state index contributed by atoms with van der Waals surface area (Å²) in [7, 11) is 0. The van der Waals surface area contributed by atoms with Crippen LogP contribution in [0.5, 0.6) is 0 Å². The third-order valence-corrected chi connectivity index (χ3v) is 6.30. The van der Waals surface area contributed by atoms with E-state index in [9.17, 15) is 0 Å². The largest absolute Gasteiger partial charge is 0.348 e. The highest BCUT2D eigenvalue weighted by atomic mass is 16.7. The third-order valence-electron chi connectivity index (χ3n) is 6.30. The van der Waals surface area contributed by atoms with Crippen LogP contribution < -0.4 is 0 Å². The molecule has 1 aromatic rings. The quantitative estimate of drug-likeness (QED) is 0.393. The van der Waals surface area contributed by atoms with Crippen molar-refractivity contribution in [1.82, 2.24) is 0 Å². The fourth-order valence-electron chi connectivity index (χ4n) is 4.63. The van der Waals surface area contributed by atoms with Crippen LogP contribution >= 0.6 is 0 Å². The molecule has 1 saturated heterocycles. The van der Waals surface area contributed by atoms with E-state index < -0.39 is 0 Å². The van der Waals surface area contributed by atoms with Gasteiger partial charge in [-0.15, -0.1) is 6.58 Å². The summed E-state index contributed by atoms with van der Waals surface area (Å²) in [6.45, 7) is 7.81. The third kappa shape index (κ3) is 5.44. The van der Waals surface area contributed by atoms with Gasteiger partial charge in [0.15, 0.2) is 6.29 Å². The van der Waals surface area contributed by atoms with Gasteiger partial charge in [0.1, 0.15) is 0 Å². The van der Waals surface area contributed by atoms with Crippen LogP contribution in [0.1, 0.15) is 75.7 Å². The Kier molecular flexibility index (Phi) is 7.76. The lowest BCUT2D eigenvalue weighted by atomic mass is 9.75. The standard InChI is InChI=1S/C24H36O2/c1-3-5-6-8-20-11-15-22(16-12-20)24-25-17-23(18-26-24)21-13-9-19(7-4-2)10-14-21/h3,11-12,15-16,19,21,23-24H,1,4-10,13-14,17-18H2,2H3. The van der Waals surface area contributed by atoms with Gasteiger partial charge in [-0.1, -0.05) is 62.9 Å². The SMILES string of the molecule is C=CCCCc1ccc(C2OCC(C3CCC(CCC)CC3)CO2)cc1. The number of allylic oxidation sites excluding steroid dienone is 1. The van der Waals surface area contributed by atoms with Crippen molar-refractivity contribution in [3.63, 3.8) is 0 Å². The minimum absolute atomic E-state index is 0.176. The van der Waals surface area contributed by atoms with Gasteiger partial charge in [-0.25, -0.2) is 0 Å². The molecular formula is C24H36O2. The van der Waals surface area contributed by atoms with Crippen LogP contribution in [0.3, 0.4) is 0 Å². The van der Waals surface area contributed by atoms with Gasteiger partial charge < -0.3 is 9.47 Å². The summed E-state index contributed by atoms with van der Waals surface area (Å²) in [6, 6.07) is 8.77. The smallest absolute Gasteiger partial charge is 0.183 e. The summed E-state index contributed by atoms with van der Waals surface area (Å²) in [5.41, 5.74) is 2.54. The monoisotopic (exact) mass is 356 g/mol. The van der Waals surface area contributed by atoms with Crippen molar-refractivity contribution in [3.05, 3.63) is 48.0 Å². The Balaban J connectivity index is 1.43. The van der Waals surface area contributed by atoms with Crippen molar-refractivity contribution in [2.45, 2.75) is 71.0 Å². The van der Waals surface area contributed by atoms with Crippen LogP contribution in [0, 0.1) is 17.8 Å². The number of hydrogen-bond acceptors (Lipinski definition) is 2. The first-order valence-electron chi connectivity index (χ1n) is 10.7. The topological polar surface area (TPSA) is 18.5 Å². The Morgan fingerprint density at radius 1 is 1.00 bits per heavy atom. The Labute approximate surface area is 160 Å². The Bertz CT molecular complexity index is 520. The number of unbranched alkanes of at least 4 members (excludes halogenated alkanes) is 1. The second-order valence-corrected chi connectivity index (χ2v) is 8.25. The maximum Gasteiger partial charge on any atom is 0.183 e. The van der Waals surface area contributed by atoms with Gasteiger partial charge in [0.05, 0.1) is 13.2 Å². The lowest BCUT2D eigenvalue weighted by Crippen LogP contribution is -2.34. The molecule has 2 heteroatoms. The molecule has 2 fully saturated rings. The first-order chi connectivity index (χ1) is 12.8. The number of aryl methyl sites for hydroxylation is 1. The first-order valence-corrected chi connectivity index (χ1v) is 10.7. The number of ether oxygens (including phenoxy) is 2. The average molecular weight is 357 g/mol. The average Bonchev–Trinajstić information content (AvgIpc) is 2.70. The van der Waals surface area contributed by atoms with E-state index in [4.69, 9.17) is 9.47 Å². The number of benzene rings is 1. The fraction of sp³-hybridized carbons (Fsp3) is 0.667. The minimum atomic E-state index is -0.176. The summed E-state index contributed by atoms with van der Waals surface area (Å²) in [4.78, 5) is 0. The second kappa shape index (κ2) is 10.3. The first kappa shape index (κ1) is 19.6. The van der Waals surface area contributed by atoms with E-state index in [1.54, 1.807) is 0 Å². The molecule has 0 atom stereocenters. The van der Waals surface area contributed by atoms with Crippen LogP contribution in [-0.4, -0.2) is 13.2 Å². The molecule has 0 spiro atoms. The molecule has 0 bridgehead atoms. The van der Waals surface area contributed by atoms with Gasteiger partial charge in [0, 0.05) is 11.5 Å². The number of hydrogen-bond donors (Lipinski definition) is 0. The molecular weight excluding hydrogens is 320 g/mol. The molecule has 1 heterocycles.